The molecule has 9 N–H and O–H groups in total. The molecule has 40 heteroatoms. The van der Waals surface area contributed by atoms with Crippen molar-refractivity contribution in [3.63, 3.8) is 0 Å². The number of urea groups is 1. The van der Waals surface area contributed by atoms with Crippen LogP contribution in [0.1, 0.15) is 203 Å². The summed E-state index contributed by atoms with van der Waals surface area (Å²) in [7, 11) is -2.85. The molecular weight excluding hydrogens is 1700 g/mol. The average Bonchev–Trinajstić information content (AvgIpc) is 1.66. The van der Waals surface area contributed by atoms with Crippen molar-refractivity contribution in [2.75, 3.05) is 94.9 Å². The Morgan fingerprint density at radius 3 is 1.43 bits per heavy atom. The van der Waals surface area contributed by atoms with Gasteiger partial charge in [0.15, 0.2) is 0 Å². The molecule has 0 saturated carbocycles. The van der Waals surface area contributed by atoms with Crippen molar-refractivity contribution >= 4 is 133 Å². The number of aromatic nitrogens is 2. The number of thioether (sulfide) groups is 1. The summed E-state index contributed by atoms with van der Waals surface area (Å²) in [6.45, 7) is 3.18. The zero-order valence-electron chi connectivity index (χ0n) is 72.3. The molecule has 0 spiro atoms. The Labute approximate surface area is 748 Å². The second-order valence-electron chi connectivity index (χ2n) is 35.2. The van der Waals surface area contributed by atoms with E-state index in [1.54, 1.807) is 40.7 Å². The van der Waals surface area contributed by atoms with Crippen LogP contribution in [-0.2, 0) is 90.0 Å². The van der Waals surface area contributed by atoms with Gasteiger partial charge in [-0.3, -0.25) is 71.8 Å². The molecular formula is C87H121N19O18S3. The second-order valence-corrected chi connectivity index (χ2v) is 39.2. The van der Waals surface area contributed by atoms with Gasteiger partial charge in [-0.15, -0.1) is 11.3 Å². The lowest BCUT2D eigenvalue weighted by Crippen LogP contribution is -2.59. The van der Waals surface area contributed by atoms with E-state index in [-0.39, 0.29) is 160 Å². The number of rotatable bonds is 37. The number of hydrogen-bond acceptors (Lipinski definition) is 22. The van der Waals surface area contributed by atoms with Gasteiger partial charge in [-0.05, 0) is 203 Å². The molecule has 13 heterocycles. The van der Waals surface area contributed by atoms with Crippen LogP contribution in [0.4, 0.5) is 16.3 Å². The first-order valence-corrected chi connectivity index (χ1v) is 49.2. The highest BCUT2D eigenvalue weighted by Crippen LogP contribution is 2.38. The number of nitrogens with one attached hydrogen (secondary N) is 7. The zero-order valence-corrected chi connectivity index (χ0v) is 74.8. The van der Waals surface area contributed by atoms with Crippen molar-refractivity contribution in [3.05, 3.63) is 58.5 Å². The van der Waals surface area contributed by atoms with E-state index in [0.717, 1.165) is 36.3 Å². The Hall–Kier alpha value is -10.3. The van der Waals surface area contributed by atoms with E-state index >= 15 is 4.79 Å². The maximum atomic E-state index is 15.0. The van der Waals surface area contributed by atoms with Crippen molar-refractivity contribution in [1.82, 2.24) is 80.7 Å². The number of methoxy groups -OCH3 is 1. The molecule has 1 aromatic carbocycles. The molecule has 0 radical (unpaired) electrons. The molecule has 37 nitrogen and oxygen atoms in total. The lowest BCUT2D eigenvalue weighted by molar-refractivity contribution is -0.155. The minimum absolute atomic E-state index is 0.00275. The fraction of sp³-hybridized carbons (Fsp3) is 0.667. The predicted molar refractivity (Wildman–Crippen MR) is 467 cm³/mol. The Balaban J connectivity index is 0.504. The number of nitrogens with two attached hydrogens (primary N) is 1. The van der Waals surface area contributed by atoms with Gasteiger partial charge in [-0.1, -0.05) is 18.9 Å². The van der Waals surface area contributed by atoms with Crippen LogP contribution in [0, 0.1) is 0 Å². The smallest absolute Gasteiger partial charge is 0.315 e. The highest BCUT2D eigenvalue weighted by Gasteiger charge is 2.53. The number of aryl methyl sites for hydroxylation is 2. The number of likely N-dealkylation sites (tertiary alicyclic amines) is 9. The average molecular weight is 1820 g/mol. The van der Waals surface area contributed by atoms with Crippen molar-refractivity contribution in [3.8, 4) is 5.88 Å². The van der Waals surface area contributed by atoms with Gasteiger partial charge in [0.2, 0.25) is 88.5 Å². The normalized spacial score (nSPS) is 25.3. The van der Waals surface area contributed by atoms with E-state index in [4.69, 9.17) is 10.5 Å². The SMILES string of the molecule is COc1nc(CCCNC(=O)CC[C@H](NC(=O)[C@@H]2CCCN2C(=O)[C@@H]2CCCN2C(=O)[C@@H]2CCCN2C(=O)[C@@H]2CCCN2C(=O)[C@@H]2CCCN2C(=O)[C@@H]2CCCN2C(=O)[C@@H]2CCCN2C(=O)[C@@H]2CCCN2C(=O)[C@@H]2CCCN2C(=O)CCCCCNC(=O)CCCC[C@@H]2SC[C@@H]3NC(=O)N[C@@H]32)C(N)=O)cnc1NS(=O)(=O)c1ccc(NC(=O)CCc2cccs2)cc1. The van der Waals surface area contributed by atoms with E-state index in [1.165, 1.54) is 52.3 Å². The van der Waals surface area contributed by atoms with E-state index in [9.17, 15) is 75.5 Å². The summed E-state index contributed by atoms with van der Waals surface area (Å²) in [5.74, 6) is -4.63. The van der Waals surface area contributed by atoms with Crippen LogP contribution < -0.4 is 47.1 Å². The molecule has 0 aliphatic carbocycles. The molecule has 14 rings (SSSR count). The Morgan fingerprint density at radius 2 is 0.961 bits per heavy atom. The number of anilines is 2. The fourth-order valence-corrected chi connectivity index (χ4v) is 23.7. The number of benzene rings is 1. The third kappa shape index (κ3) is 22.0. The van der Waals surface area contributed by atoms with Crippen LogP contribution in [-0.4, -0.2) is 314 Å². The number of unbranched alkanes of at least 4 members (excludes halogenated alkanes) is 3. The second kappa shape index (κ2) is 42.8. The maximum absolute atomic E-state index is 15.0. The molecule has 16 amide bonds. The Kier molecular flexibility index (Phi) is 31.3. The van der Waals surface area contributed by atoms with Crippen molar-refractivity contribution in [2.45, 2.75) is 288 Å². The summed E-state index contributed by atoms with van der Waals surface area (Å²) in [5.41, 5.74) is 6.64. The number of hydrogen-bond donors (Lipinski definition) is 8. The summed E-state index contributed by atoms with van der Waals surface area (Å²) in [5, 5.41) is 19.5. The minimum atomic E-state index is -4.16. The standard InChI is InChI=1S/C87H121N19O18S3/c1-124-78-76(97-127(122,123)57-35-32-54(33-36-57)92-72(109)38-34-56-19-17-51-125-56)91-52-55(93-78)18-7-41-90-71(108)39-37-58(75(88)111)94-77(112)60-20-8-43-99(60)80(114)62-22-10-45-101(62)82(116)64-24-12-47-103(64)84(118)66-26-14-49-105(66)86(120)68-28-16-50-106(68)85(119)67-27-15-48-104(67)83(117)65-25-13-46-102(65)81(115)63-23-11-44-100(63)79(113)61-21-9-42-98(61)73(110)31-3-2-6-40-89-70(107)30-5-4-29-69-74-59(53-126-69)95-87(121)96-74/h17,19,32-33,35-36,51-52,58-69,74H,2-16,18,20-31,34,37-50,53H2,1H3,(H2,88,111)(H,89,107)(H,90,108)(H,91,97)(H,92,109)(H,94,112)(H2,95,96,121)/t58-,59-,60-,61-,62-,63-,64-,65-,66-,67-,68-,69-,74-/m0/s1. The molecule has 0 bridgehead atoms. The van der Waals surface area contributed by atoms with Crippen LogP contribution >= 0.6 is 23.1 Å². The van der Waals surface area contributed by atoms with Gasteiger partial charge in [0.05, 0.1) is 36.0 Å². The van der Waals surface area contributed by atoms with Gasteiger partial charge in [0.25, 0.3) is 15.9 Å². The molecule has 11 fully saturated rings. The molecule has 127 heavy (non-hydrogen) atoms. The van der Waals surface area contributed by atoms with Gasteiger partial charge < -0.3 is 86.5 Å². The molecule has 3 aromatic rings. The topological polar surface area (TPSA) is 465 Å². The first kappa shape index (κ1) is 92.9. The van der Waals surface area contributed by atoms with E-state index in [2.05, 4.69) is 46.6 Å². The number of thiophene rings is 1. The third-order valence-electron chi connectivity index (χ3n) is 27.0. The first-order valence-electron chi connectivity index (χ1n) is 45.7. The van der Waals surface area contributed by atoms with Crippen LogP contribution in [0.5, 0.6) is 5.88 Å². The minimum Gasteiger partial charge on any atom is -0.478 e. The summed E-state index contributed by atoms with van der Waals surface area (Å²) in [4.78, 5) is 233. The van der Waals surface area contributed by atoms with Crippen LogP contribution in [0.3, 0.4) is 0 Å². The summed E-state index contributed by atoms with van der Waals surface area (Å²) >= 11 is 3.42. The maximum Gasteiger partial charge on any atom is 0.315 e. The highest BCUT2D eigenvalue weighted by molar-refractivity contribution is 8.00. The third-order valence-corrected chi connectivity index (χ3v) is 30.8. The van der Waals surface area contributed by atoms with Gasteiger partial charge >= 0.3 is 6.03 Å². The van der Waals surface area contributed by atoms with Crippen molar-refractivity contribution in [2.24, 2.45) is 5.73 Å². The number of carbonyl (C=O) groups excluding carboxylic acids is 15. The number of carbonyl (C=O) groups is 15. The van der Waals surface area contributed by atoms with Crippen LogP contribution in [0.25, 0.3) is 0 Å². The number of nitrogens with zero attached hydrogens (tertiary/aromatic N) is 11. The predicted octanol–water partition coefficient (Wildman–Crippen LogP) is 3.04. The van der Waals surface area contributed by atoms with E-state index in [0.29, 0.717) is 190 Å². The molecule has 11 aliphatic heterocycles. The molecule has 0 unspecified atom stereocenters. The monoisotopic (exact) mass is 1820 g/mol. The van der Waals surface area contributed by atoms with Gasteiger partial charge in [-0.2, -0.15) is 11.8 Å². The lowest BCUT2D eigenvalue weighted by Gasteiger charge is -2.37. The summed E-state index contributed by atoms with van der Waals surface area (Å²) in [6.07, 6.45) is 15.7. The number of amides is 16. The molecule has 11 saturated heterocycles. The summed E-state index contributed by atoms with van der Waals surface area (Å²) in [6, 6.07) is 0.459. The number of sulfonamides is 1. The quantitative estimate of drug-likeness (QED) is 0.0304. The number of fused-ring (bicyclic) bond motifs is 1. The van der Waals surface area contributed by atoms with Crippen molar-refractivity contribution < 1.29 is 85.1 Å². The Morgan fingerprint density at radius 1 is 0.512 bits per heavy atom. The zero-order chi connectivity index (χ0) is 89.6. The number of primary amides is 1. The van der Waals surface area contributed by atoms with E-state index < -0.39 is 106 Å². The highest BCUT2D eigenvalue weighted by atomic mass is 32.2. The number of ether oxygens (including phenoxy) is 1. The van der Waals surface area contributed by atoms with E-state index in [1.807, 2.05) is 29.3 Å². The molecule has 11 aliphatic rings. The fourth-order valence-electron chi connectivity index (χ4n) is 20.5. The Bertz CT molecular complexity index is 4680. The van der Waals surface area contributed by atoms with Crippen LogP contribution in [0.2, 0.25) is 0 Å². The largest absolute Gasteiger partial charge is 0.478 e. The van der Waals surface area contributed by atoms with Gasteiger partial charge in [0.1, 0.15) is 60.4 Å². The molecule has 2 aromatic heterocycles. The van der Waals surface area contributed by atoms with Crippen LogP contribution in [0.15, 0.2) is 52.9 Å². The summed E-state index contributed by atoms with van der Waals surface area (Å²) < 4.78 is 34.5. The molecule has 13 atom stereocenters. The first-order chi connectivity index (χ1) is 61.3. The van der Waals surface area contributed by atoms with Crippen molar-refractivity contribution in [1.29, 1.82) is 0 Å². The molecule has 690 valence electrons. The van der Waals surface area contributed by atoms with Gasteiger partial charge in [-0.25, -0.2) is 23.2 Å². The lowest BCUT2D eigenvalue weighted by atomic mass is 10.0. The van der Waals surface area contributed by atoms with Gasteiger partial charge in [0, 0.05) is 119 Å².